The van der Waals surface area contributed by atoms with E-state index in [0.29, 0.717) is 12.2 Å². The average Bonchev–Trinajstić information content (AvgIpc) is 2.33. The maximum Gasteiger partial charge on any atom is 0.0677 e. The Balaban J connectivity index is 2.16. The third-order valence-electron chi connectivity index (χ3n) is 2.53. The second-order valence-electron chi connectivity index (χ2n) is 4.65. The van der Waals surface area contributed by atoms with Crippen LogP contribution in [0, 0.1) is 5.92 Å². The van der Waals surface area contributed by atoms with Gasteiger partial charge in [-0.1, -0.05) is 6.92 Å². The standard InChI is InChI=1S/C11H23NO/c1-9(2)13-11(4)8-12-6-5-10(3)7-12/h9-11H,5-8H2,1-4H3. The SMILES string of the molecule is CC1CCN(CC(C)OC(C)C)C1. The first-order valence-corrected chi connectivity index (χ1v) is 5.45. The van der Waals surface area contributed by atoms with Gasteiger partial charge in [-0.15, -0.1) is 0 Å². The van der Waals surface area contributed by atoms with Gasteiger partial charge in [0.05, 0.1) is 12.2 Å². The van der Waals surface area contributed by atoms with Crippen LogP contribution in [0.25, 0.3) is 0 Å². The van der Waals surface area contributed by atoms with Gasteiger partial charge in [-0.05, 0) is 39.7 Å². The molecule has 78 valence electrons. The monoisotopic (exact) mass is 185 g/mol. The van der Waals surface area contributed by atoms with Crippen molar-refractivity contribution in [3.8, 4) is 0 Å². The molecule has 1 fully saturated rings. The number of ether oxygens (including phenoxy) is 1. The second-order valence-corrected chi connectivity index (χ2v) is 4.65. The lowest BCUT2D eigenvalue weighted by atomic mass is 10.2. The van der Waals surface area contributed by atoms with E-state index in [1.54, 1.807) is 0 Å². The van der Waals surface area contributed by atoms with Crippen molar-refractivity contribution in [3.05, 3.63) is 0 Å². The molecule has 1 aliphatic rings. The Kier molecular flexibility index (Phi) is 4.20. The predicted octanol–water partition coefficient (Wildman–Crippen LogP) is 2.14. The van der Waals surface area contributed by atoms with Gasteiger partial charge >= 0.3 is 0 Å². The maximum atomic E-state index is 5.71. The molecule has 0 radical (unpaired) electrons. The van der Waals surface area contributed by atoms with Crippen LogP contribution < -0.4 is 0 Å². The van der Waals surface area contributed by atoms with E-state index < -0.39 is 0 Å². The van der Waals surface area contributed by atoms with Gasteiger partial charge in [0.2, 0.25) is 0 Å². The number of nitrogens with zero attached hydrogens (tertiary/aromatic N) is 1. The van der Waals surface area contributed by atoms with E-state index in [0.717, 1.165) is 12.5 Å². The maximum absolute atomic E-state index is 5.71. The van der Waals surface area contributed by atoms with E-state index >= 15 is 0 Å². The summed E-state index contributed by atoms with van der Waals surface area (Å²) >= 11 is 0. The summed E-state index contributed by atoms with van der Waals surface area (Å²) in [6.07, 6.45) is 2.09. The molecular weight excluding hydrogens is 162 g/mol. The molecule has 0 aromatic heterocycles. The lowest BCUT2D eigenvalue weighted by molar-refractivity contribution is 0.00191. The topological polar surface area (TPSA) is 12.5 Å². The molecule has 1 rings (SSSR count). The molecule has 0 saturated carbocycles. The van der Waals surface area contributed by atoms with Crippen molar-refractivity contribution < 1.29 is 4.74 Å². The molecule has 2 unspecified atom stereocenters. The Morgan fingerprint density at radius 2 is 2.08 bits per heavy atom. The highest BCUT2D eigenvalue weighted by Crippen LogP contribution is 2.15. The Labute approximate surface area is 82.3 Å². The quantitative estimate of drug-likeness (QED) is 0.665. The fourth-order valence-corrected chi connectivity index (χ4v) is 2.06. The van der Waals surface area contributed by atoms with Gasteiger partial charge in [-0.25, -0.2) is 0 Å². The molecule has 0 spiro atoms. The molecule has 0 N–H and O–H groups in total. The molecular formula is C11H23NO. The van der Waals surface area contributed by atoms with Gasteiger partial charge in [-0.2, -0.15) is 0 Å². The zero-order valence-corrected chi connectivity index (χ0v) is 9.42. The lowest BCUT2D eigenvalue weighted by Gasteiger charge is -2.22. The van der Waals surface area contributed by atoms with Crippen LogP contribution in [0.1, 0.15) is 34.1 Å². The van der Waals surface area contributed by atoms with Crippen molar-refractivity contribution in [1.82, 2.24) is 4.90 Å². The van der Waals surface area contributed by atoms with Gasteiger partial charge in [0.15, 0.2) is 0 Å². The Morgan fingerprint density at radius 1 is 1.38 bits per heavy atom. The minimum atomic E-state index is 0.357. The summed E-state index contributed by atoms with van der Waals surface area (Å²) < 4.78 is 5.71. The minimum Gasteiger partial charge on any atom is -0.375 e. The highest BCUT2D eigenvalue weighted by molar-refractivity contribution is 4.74. The summed E-state index contributed by atoms with van der Waals surface area (Å²) in [6.45, 7) is 12.3. The highest BCUT2D eigenvalue weighted by Gasteiger charge is 2.20. The van der Waals surface area contributed by atoms with Crippen LogP contribution in [0.3, 0.4) is 0 Å². The fraction of sp³-hybridized carbons (Fsp3) is 1.00. The predicted molar refractivity (Wildman–Crippen MR) is 55.9 cm³/mol. The van der Waals surface area contributed by atoms with Crippen molar-refractivity contribution in [2.24, 2.45) is 5.92 Å². The van der Waals surface area contributed by atoms with E-state index in [1.165, 1.54) is 19.5 Å². The summed E-state index contributed by atoms with van der Waals surface area (Å²) in [6, 6.07) is 0. The van der Waals surface area contributed by atoms with Crippen LogP contribution >= 0.6 is 0 Å². The van der Waals surface area contributed by atoms with Gasteiger partial charge in [0.25, 0.3) is 0 Å². The molecule has 2 nitrogen and oxygen atoms in total. The van der Waals surface area contributed by atoms with E-state index in [9.17, 15) is 0 Å². The third kappa shape index (κ3) is 4.10. The molecule has 13 heavy (non-hydrogen) atoms. The van der Waals surface area contributed by atoms with Gasteiger partial charge in [0.1, 0.15) is 0 Å². The van der Waals surface area contributed by atoms with E-state index in [2.05, 4.69) is 32.6 Å². The number of hydrogen-bond donors (Lipinski definition) is 0. The fourth-order valence-electron chi connectivity index (χ4n) is 2.06. The molecule has 2 atom stereocenters. The molecule has 0 amide bonds. The van der Waals surface area contributed by atoms with Crippen LogP contribution in [-0.4, -0.2) is 36.7 Å². The van der Waals surface area contributed by atoms with Crippen molar-refractivity contribution in [3.63, 3.8) is 0 Å². The second kappa shape index (κ2) is 4.97. The first kappa shape index (κ1) is 11.0. The summed E-state index contributed by atoms with van der Waals surface area (Å²) in [5.41, 5.74) is 0. The lowest BCUT2D eigenvalue weighted by Crippen LogP contribution is -2.31. The summed E-state index contributed by atoms with van der Waals surface area (Å²) in [7, 11) is 0. The molecule has 2 heteroatoms. The largest absolute Gasteiger partial charge is 0.375 e. The molecule has 0 aromatic rings. The highest BCUT2D eigenvalue weighted by atomic mass is 16.5. The van der Waals surface area contributed by atoms with Crippen molar-refractivity contribution >= 4 is 0 Å². The number of hydrogen-bond acceptors (Lipinski definition) is 2. The molecule has 0 aromatic carbocycles. The van der Waals surface area contributed by atoms with Crippen molar-refractivity contribution in [1.29, 1.82) is 0 Å². The van der Waals surface area contributed by atoms with Gasteiger partial charge in [-0.3, -0.25) is 0 Å². The van der Waals surface area contributed by atoms with Crippen LogP contribution in [-0.2, 0) is 4.74 Å². The van der Waals surface area contributed by atoms with Crippen molar-refractivity contribution in [2.45, 2.75) is 46.3 Å². The first-order chi connectivity index (χ1) is 6.08. The smallest absolute Gasteiger partial charge is 0.0677 e. The Bertz CT molecular complexity index is 147. The Morgan fingerprint density at radius 3 is 2.54 bits per heavy atom. The normalized spacial score (nSPS) is 27.0. The van der Waals surface area contributed by atoms with E-state index in [-0.39, 0.29) is 0 Å². The van der Waals surface area contributed by atoms with Crippen LogP contribution in [0.5, 0.6) is 0 Å². The van der Waals surface area contributed by atoms with Crippen LogP contribution in [0.2, 0.25) is 0 Å². The minimum absolute atomic E-state index is 0.357. The van der Waals surface area contributed by atoms with Gasteiger partial charge < -0.3 is 9.64 Å². The Hall–Kier alpha value is -0.0800. The number of rotatable bonds is 4. The summed E-state index contributed by atoms with van der Waals surface area (Å²) in [5.74, 6) is 0.881. The molecule has 1 aliphatic heterocycles. The summed E-state index contributed by atoms with van der Waals surface area (Å²) in [5, 5.41) is 0. The van der Waals surface area contributed by atoms with Crippen LogP contribution in [0.15, 0.2) is 0 Å². The summed E-state index contributed by atoms with van der Waals surface area (Å²) in [4.78, 5) is 2.51. The number of likely N-dealkylation sites (tertiary alicyclic amines) is 1. The van der Waals surface area contributed by atoms with E-state index in [4.69, 9.17) is 4.74 Å². The van der Waals surface area contributed by atoms with Crippen molar-refractivity contribution in [2.75, 3.05) is 19.6 Å². The zero-order valence-electron chi connectivity index (χ0n) is 9.42. The van der Waals surface area contributed by atoms with Gasteiger partial charge in [0, 0.05) is 13.1 Å². The van der Waals surface area contributed by atoms with Crippen LogP contribution in [0.4, 0.5) is 0 Å². The molecule has 0 bridgehead atoms. The zero-order chi connectivity index (χ0) is 9.84. The van der Waals surface area contributed by atoms with E-state index in [1.807, 2.05) is 0 Å². The first-order valence-electron chi connectivity index (χ1n) is 5.45. The molecule has 0 aliphatic carbocycles. The molecule has 1 saturated heterocycles. The molecule has 1 heterocycles. The average molecular weight is 185 g/mol. The third-order valence-corrected chi connectivity index (χ3v) is 2.53.